The van der Waals surface area contributed by atoms with E-state index in [1.807, 2.05) is 31.2 Å². The Morgan fingerprint density at radius 2 is 1.95 bits per heavy atom. The van der Waals surface area contributed by atoms with Gasteiger partial charge in [0.15, 0.2) is 0 Å². The monoisotopic (exact) mass is 280 g/mol. The Morgan fingerprint density at radius 1 is 1.24 bits per heavy atom. The van der Waals surface area contributed by atoms with Crippen LogP contribution in [0.15, 0.2) is 42.5 Å². The van der Waals surface area contributed by atoms with Crippen LogP contribution in [0.25, 0.3) is 0 Å². The fraction of sp³-hybridized carbons (Fsp3) is 0.125. The molecule has 0 aromatic heterocycles. The van der Waals surface area contributed by atoms with Crippen molar-refractivity contribution in [1.29, 1.82) is 5.26 Å². The Kier molecular flexibility index (Phi) is 4.54. The zero-order valence-corrected chi connectivity index (χ0v) is 11.7. The molecule has 1 amide bonds. The highest BCUT2D eigenvalue weighted by molar-refractivity contribution is 5.99. The normalized spacial score (nSPS) is 9.76. The maximum atomic E-state index is 12.2. The summed E-state index contributed by atoms with van der Waals surface area (Å²) < 4.78 is 0. The Bertz CT molecular complexity index is 686. The van der Waals surface area contributed by atoms with Crippen LogP contribution in [-0.4, -0.2) is 5.91 Å². The van der Waals surface area contributed by atoms with Crippen LogP contribution in [-0.2, 0) is 6.54 Å². The highest BCUT2D eigenvalue weighted by Crippen LogP contribution is 2.16. The van der Waals surface area contributed by atoms with Gasteiger partial charge in [0.05, 0.1) is 22.9 Å². The zero-order chi connectivity index (χ0) is 15.2. The van der Waals surface area contributed by atoms with E-state index in [0.717, 1.165) is 11.1 Å². The molecule has 0 atom stereocenters. The third kappa shape index (κ3) is 3.59. The summed E-state index contributed by atoms with van der Waals surface area (Å²) in [5.74, 6) is 5.23. The summed E-state index contributed by atoms with van der Waals surface area (Å²) in [5, 5.41) is 11.6. The molecular formula is C16H16N4O. The first-order valence-electron chi connectivity index (χ1n) is 6.48. The Hall–Kier alpha value is -2.84. The number of nitrogens with two attached hydrogens (primary N) is 1. The molecule has 5 nitrogen and oxygen atoms in total. The molecule has 21 heavy (non-hydrogen) atoms. The van der Waals surface area contributed by atoms with Crippen LogP contribution in [0.3, 0.4) is 0 Å². The van der Waals surface area contributed by atoms with Gasteiger partial charge in [0, 0.05) is 6.54 Å². The van der Waals surface area contributed by atoms with Crippen molar-refractivity contribution in [1.82, 2.24) is 5.32 Å². The van der Waals surface area contributed by atoms with Crippen LogP contribution in [0.5, 0.6) is 0 Å². The summed E-state index contributed by atoms with van der Waals surface area (Å²) in [6, 6.07) is 14.5. The molecule has 5 heteroatoms. The number of anilines is 1. The maximum Gasteiger partial charge on any atom is 0.253 e. The predicted octanol–water partition coefficient (Wildman–Crippen LogP) is 2.08. The number of nitrogen functional groups attached to an aromatic ring is 1. The Morgan fingerprint density at radius 3 is 2.57 bits per heavy atom. The van der Waals surface area contributed by atoms with Crippen molar-refractivity contribution in [3.8, 4) is 6.07 Å². The van der Waals surface area contributed by atoms with Crippen LogP contribution in [0.4, 0.5) is 5.69 Å². The number of hydrogen-bond donors (Lipinski definition) is 3. The predicted molar refractivity (Wildman–Crippen MR) is 81.3 cm³/mol. The Labute approximate surface area is 123 Å². The molecule has 0 radical (unpaired) electrons. The number of aryl methyl sites for hydroxylation is 1. The van der Waals surface area contributed by atoms with E-state index in [9.17, 15) is 4.79 Å². The third-order valence-electron chi connectivity index (χ3n) is 3.11. The van der Waals surface area contributed by atoms with E-state index in [2.05, 4.69) is 16.8 Å². The molecule has 2 aromatic carbocycles. The second kappa shape index (κ2) is 6.55. The second-order valence-electron chi connectivity index (χ2n) is 4.68. The minimum absolute atomic E-state index is 0.202. The summed E-state index contributed by atoms with van der Waals surface area (Å²) >= 11 is 0. The van der Waals surface area contributed by atoms with Crippen molar-refractivity contribution in [2.24, 2.45) is 5.84 Å². The van der Waals surface area contributed by atoms with E-state index in [1.165, 1.54) is 0 Å². The molecule has 0 saturated heterocycles. The lowest BCUT2D eigenvalue weighted by Crippen LogP contribution is -2.24. The molecule has 0 aliphatic carbocycles. The van der Waals surface area contributed by atoms with Gasteiger partial charge < -0.3 is 10.7 Å². The molecule has 0 aliphatic heterocycles. The number of hydrazine groups is 1. The molecule has 0 heterocycles. The van der Waals surface area contributed by atoms with Crippen LogP contribution < -0.4 is 16.6 Å². The van der Waals surface area contributed by atoms with Crippen LogP contribution in [0.2, 0.25) is 0 Å². The van der Waals surface area contributed by atoms with Crippen molar-refractivity contribution >= 4 is 11.6 Å². The second-order valence-corrected chi connectivity index (χ2v) is 4.68. The van der Waals surface area contributed by atoms with Gasteiger partial charge in [-0.25, -0.2) is 0 Å². The quantitative estimate of drug-likeness (QED) is 0.590. The van der Waals surface area contributed by atoms with E-state index in [1.54, 1.807) is 18.2 Å². The lowest BCUT2D eigenvalue weighted by Gasteiger charge is -2.10. The van der Waals surface area contributed by atoms with E-state index in [4.69, 9.17) is 11.1 Å². The van der Waals surface area contributed by atoms with Gasteiger partial charge in [0.2, 0.25) is 0 Å². The minimum Gasteiger partial charge on any atom is -0.348 e. The van der Waals surface area contributed by atoms with Crippen molar-refractivity contribution in [3.05, 3.63) is 64.7 Å². The van der Waals surface area contributed by atoms with Gasteiger partial charge in [-0.05, 0) is 42.3 Å². The lowest BCUT2D eigenvalue weighted by atomic mass is 10.1. The fourth-order valence-electron chi connectivity index (χ4n) is 1.95. The SMILES string of the molecule is Cc1ccc(C(=O)NCc2ccc(C#N)cc2)c(NN)c1. The standard InChI is InChI=1S/C16H16N4O/c1-11-2-7-14(15(8-11)20-18)16(21)19-10-13-5-3-12(9-17)4-6-13/h2-8,20H,10,18H2,1H3,(H,19,21). The summed E-state index contributed by atoms with van der Waals surface area (Å²) in [6.45, 7) is 2.32. The van der Waals surface area contributed by atoms with Crippen LogP contribution >= 0.6 is 0 Å². The smallest absolute Gasteiger partial charge is 0.253 e. The van der Waals surface area contributed by atoms with Crippen LogP contribution in [0.1, 0.15) is 27.0 Å². The topological polar surface area (TPSA) is 90.9 Å². The van der Waals surface area contributed by atoms with Gasteiger partial charge in [0.1, 0.15) is 0 Å². The van der Waals surface area contributed by atoms with Gasteiger partial charge in [-0.1, -0.05) is 18.2 Å². The largest absolute Gasteiger partial charge is 0.348 e. The first kappa shape index (κ1) is 14.6. The number of amides is 1. The van der Waals surface area contributed by atoms with Gasteiger partial charge in [-0.2, -0.15) is 5.26 Å². The molecule has 4 N–H and O–H groups in total. The van der Waals surface area contributed by atoms with Crippen molar-refractivity contribution in [2.75, 3.05) is 5.43 Å². The van der Waals surface area contributed by atoms with Gasteiger partial charge >= 0.3 is 0 Å². The summed E-state index contributed by atoms with van der Waals surface area (Å²) in [5.41, 5.74) is 6.16. The van der Waals surface area contributed by atoms with E-state index < -0.39 is 0 Å². The van der Waals surface area contributed by atoms with Crippen molar-refractivity contribution < 1.29 is 4.79 Å². The number of nitriles is 1. The number of rotatable bonds is 4. The molecule has 0 spiro atoms. The number of nitrogens with zero attached hydrogens (tertiary/aromatic N) is 1. The molecule has 0 fully saturated rings. The average Bonchev–Trinajstić information content (AvgIpc) is 2.52. The summed E-state index contributed by atoms with van der Waals surface area (Å²) in [4.78, 5) is 12.2. The van der Waals surface area contributed by atoms with E-state index in [0.29, 0.717) is 23.4 Å². The van der Waals surface area contributed by atoms with Crippen molar-refractivity contribution in [3.63, 3.8) is 0 Å². The molecule has 2 aromatic rings. The summed E-state index contributed by atoms with van der Waals surface area (Å²) in [7, 11) is 0. The number of benzene rings is 2. The highest BCUT2D eigenvalue weighted by atomic mass is 16.1. The summed E-state index contributed by atoms with van der Waals surface area (Å²) in [6.07, 6.45) is 0. The average molecular weight is 280 g/mol. The number of carbonyl (C=O) groups is 1. The first-order chi connectivity index (χ1) is 10.1. The molecule has 2 rings (SSSR count). The third-order valence-corrected chi connectivity index (χ3v) is 3.11. The molecule has 0 bridgehead atoms. The van der Waals surface area contributed by atoms with Gasteiger partial charge in [-0.3, -0.25) is 10.6 Å². The Balaban J connectivity index is 2.06. The number of hydrogen-bond acceptors (Lipinski definition) is 4. The zero-order valence-electron chi connectivity index (χ0n) is 11.7. The molecule has 106 valence electrons. The fourth-order valence-corrected chi connectivity index (χ4v) is 1.95. The number of nitrogens with one attached hydrogen (secondary N) is 2. The molecule has 0 saturated carbocycles. The maximum absolute atomic E-state index is 12.2. The molecule has 0 unspecified atom stereocenters. The molecule has 0 aliphatic rings. The van der Waals surface area contributed by atoms with Gasteiger partial charge in [0.25, 0.3) is 5.91 Å². The van der Waals surface area contributed by atoms with Crippen molar-refractivity contribution in [2.45, 2.75) is 13.5 Å². The first-order valence-corrected chi connectivity index (χ1v) is 6.48. The van der Waals surface area contributed by atoms with Crippen LogP contribution in [0, 0.1) is 18.3 Å². The minimum atomic E-state index is -0.202. The highest BCUT2D eigenvalue weighted by Gasteiger charge is 2.10. The number of carbonyl (C=O) groups excluding carboxylic acids is 1. The van der Waals surface area contributed by atoms with Gasteiger partial charge in [-0.15, -0.1) is 0 Å². The lowest BCUT2D eigenvalue weighted by molar-refractivity contribution is 0.0951. The molecular weight excluding hydrogens is 264 g/mol. The van der Waals surface area contributed by atoms with E-state index in [-0.39, 0.29) is 5.91 Å². The van der Waals surface area contributed by atoms with E-state index >= 15 is 0 Å².